The van der Waals surface area contributed by atoms with E-state index in [4.69, 9.17) is 5.73 Å². The fourth-order valence-electron chi connectivity index (χ4n) is 2.05. The molecule has 0 radical (unpaired) electrons. The Morgan fingerprint density at radius 1 is 1.10 bits per heavy atom. The Morgan fingerprint density at radius 3 is 2.30 bits per heavy atom. The van der Waals surface area contributed by atoms with E-state index in [-0.39, 0.29) is 5.56 Å². The van der Waals surface area contributed by atoms with Crippen LogP contribution in [0.4, 0.5) is 20.2 Å². The second-order valence-electron chi connectivity index (χ2n) is 4.61. The lowest BCUT2D eigenvalue weighted by atomic mass is 10.1. The van der Waals surface area contributed by atoms with E-state index in [1.807, 2.05) is 0 Å². The van der Waals surface area contributed by atoms with Crippen molar-refractivity contribution in [1.82, 2.24) is 0 Å². The summed E-state index contributed by atoms with van der Waals surface area (Å²) in [6, 6.07) is 6.15. The molecule has 0 aliphatic heterocycles. The lowest BCUT2D eigenvalue weighted by Crippen LogP contribution is -2.16. The minimum absolute atomic E-state index is 0.333. The molecule has 0 aliphatic carbocycles. The van der Waals surface area contributed by atoms with Crippen molar-refractivity contribution in [2.24, 2.45) is 0 Å². The van der Waals surface area contributed by atoms with Crippen molar-refractivity contribution in [1.29, 1.82) is 0 Å². The highest BCUT2D eigenvalue weighted by atomic mass is 19.1. The molecule has 2 rings (SSSR count). The monoisotopic (exact) mass is 276 g/mol. The molecular weight excluding hydrogens is 262 g/mol. The molecule has 0 fully saturated rings. The summed E-state index contributed by atoms with van der Waals surface area (Å²) >= 11 is 0. The Balaban J connectivity index is 2.35. The van der Waals surface area contributed by atoms with Crippen LogP contribution in [-0.2, 0) is 0 Å². The van der Waals surface area contributed by atoms with Crippen molar-refractivity contribution in [2.75, 3.05) is 11.1 Å². The molecule has 0 saturated carbocycles. The molecular formula is C15H14F2N2O. The maximum atomic E-state index is 13.5. The SMILES string of the molecule is Cc1cc(N)cc(C)c1NC(=O)c1cc(F)ccc1F. The molecule has 3 nitrogen and oxygen atoms in total. The van der Waals surface area contributed by atoms with Crippen molar-refractivity contribution >= 4 is 17.3 Å². The number of nitrogens with one attached hydrogen (secondary N) is 1. The summed E-state index contributed by atoms with van der Waals surface area (Å²) in [6.07, 6.45) is 0. The third-order valence-corrected chi connectivity index (χ3v) is 2.97. The number of nitrogen functional groups attached to an aromatic ring is 1. The summed E-state index contributed by atoms with van der Waals surface area (Å²) in [6.45, 7) is 3.56. The number of rotatable bonds is 2. The molecule has 0 aliphatic rings. The quantitative estimate of drug-likeness (QED) is 0.826. The first kappa shape index (κ1) is 14.0. The number of hydrogen-bond acceptors (Lipinski definition) is 2. The standard InChI is InChI=1S/C15H14F2N2O/c1-8-5-11(18)6-9(2)14(8)19-15(20)12-7-10(16)3-4-13(12)17/h3-7H,18H2,1-2H3,(H,19,20). The minimum Gasteiger partial charge on any atom is -0.399 e. The van der Waals surface area contributed by atoms with Gasteiger partial charge in [0.2, 0.25) is 0 Å². The average molecular weight is 276 g/mol. The van der Waals surface area contributed by atoms with Gasteiger partial charge in [-0.2, -0.15) is 0 Å². The van der Waals surface area contributed by atoms with Gasteiger partial charge >= 0.3 is 0 Å². The van der Waals surface area contributed by atoms with Gasteiger partial charge < -0.3 is 11.1 Å². The van der Waals surface area contributed by atoms with Crippen LogP contribution in [-0.4, -0.2) is 5.91 Å². The molecule has 0 spiro atoms. The van der Waals surface area contributed by atoms with E-state index in [2.05, 4.69) is 5.32 Å². The van der Waals surface area contributed by atoms with E-state index >= 15 is 0 Å². The first-order valence-corrected chi connectivity index (χ1v) is 6.01. The van der Waals surface area contributed by atoms with Gasteiger partial charge in [-0.15, -0.1) is 0 Å². The molecule has 5 heteroatoms. The molecule has 3 N–H and O–H groups in total. The minimum atomic E-state index is -0.769. The van der Waals surface area contributed by atoms with Gasteiger partial charge in [0.05, 0.1) is 5.56 Å². The molecule has 0 bridgehead atoms. The number of anilines is 2. The summed E-state index contributed by atoms with van der Waals surface area (Å²) in [4.78, 5) is 12.0. The summed E-state index contributed by atoms with van der Waals surface area (Å²) in [5.74, 6) is -2.13. The Bertz CT molecular complexity index is 661. The van der Waals surface area contributed by atoms with Crippen molar-refractivity contribution in [3.05, 3.63) is 58.7 Å². The molecule has 0 saturated heterocycles. The molecule has 2 aromatic carbocycles. The van der Waals surface area contributed by atoms with Gasteiger partial charge in [0.25, 0.3) is 5.91 Å². The largest absolute Gasteiger partial charge is 0.399 e. The van der Waals surface area contributed by atoms with Crippen LogP contribution in [0.1, 0.15) is 21.5 Å². The highest BCUT2D eigenvalue weighted by Gasteiger charge is 2.15. The normalized spacial score (nSPS) is 10.4. The van der Waals surface area contributed by atoms with Crippen LogP contribution in [0.5, 0.6) is 0 Å². The average Bonchev–Trinajstić information content (AvgIpc) is 2.36. The summed E-state index contributed by atoms with van der Waals surface area (Å²) in [5, 5.41) is 2.59. The Labute approximate surface area is 115 Å². The number of benzene rings is 2. The molecule has 0 heterocycles. The zero-order valence-electron chi connectivity index (χ0n) is 11.1. The maximum absolute atomic E-state index is 13.5. The summed E-state index contributed by atoms with van der Waals surface area (Å²) in [7, 11) is 0. The lowest BCUT2D eigenvalue weighted by Gasteiger charge is -2.13. The van der Waals surface area contributed by atoms with Gasteiger partial charge in [0.1, 0.15) is 11.6 Å². The molecule has 0 atom stereocenters. The third-order valence-electron chi connectivity index (χ3n) is 2.97. The molecule has 20 heavy (non-hydrogen) atoms. The first-order valence-electron chi connectivity index (χ1n) is 6.01. The van der Waals surface area contributed by atoms with Crippen LogP contribution in [0.25, 0.3) is 0 Å². The van der Waals surface area contributed by atoms with Crippen molar-refractivity contribution in [3.8, 4) is 0 Å². The molecule has 1 amide bonds. The molecule has 104 valence electrons. The van der Waals surface area contributed by atoms with E-state index < -0.39 is 17.5 Å². The van der Waals surface area contributed by atoms with Crippen LogP contribution in [0.15, 0.2) is 30.3 Å². The van der Waals surface area contributed by atoms with E-state index in [0.717, 1.165) is 29.3 Å². The fourth-order valence-corrected chi connectivity index (χ4v) is 2.05. The van der Waals surface area contributed by atoms with E-state index in [9.17, 15) is 13.6 Å². The molecule has 0 aromatic heterocycles. The predicted octanol–water partition coefficient (Wildman–Crippen LogP) is 3.42. The Morgan fingerprint density at radius 2 is 1.70 bits per heavy atom. The van der Waals surface area contributed by atoms with Crippen LogP contribution in [0, 0.1) is 25.5 Å². The van der Waals surface area contributed by atoms with E-state index in [1.54, 1.807) is 26.0 Å². The zero-order valence-corrected chi connectivity index (χ0v) is 11.1. The van der Waals surface area contributed by atoms with E-state index in [1.165, 1.54) is 0 Å². The number of nitrogens with two attached hydrogens (primary N) is 1. The second kappa shape index (κ2) is 5.28. The Hall–Kier alpha value is -2.43. The first-order chi connectivity index (χ1) is 9.38. The van der Waals surface area contributed by atoms with Gasteiger partial charge in [-0.1, -0.05) is 0 Å². The second-order valence-corrected chi connectivity index (χ2v) is 4.61. The van der Waals surface area contributed by atoms with Crippen LogP contribution in [0.3, 0.4) is 0 Å². The smallest absolute Gasteiger partial charge is 0.258 e. The van der Waals surface area contributed by atoms with Gasteiger partial charge in [-0.25, -0.2) is 8.78 Å². The maximum Gasteiger partial charge on any atom is 0.258 e. The fraction of sp³-hybridized carbons (Fsp3) is 0.133. The third kappa shape index (κ3) is 2.77. The predicted molar refractivity (Wildman–Crippen MR) is 74.6 cm³/mol. The van der Waals surface area contributed by atoms with Gasteiger partial charge in [-0.3, -0.25) is 4.79 Å². The topological polar surface area (TPSA) is 55.1 Å². The number of amides is 1. The van der Waals surface area contributed by atoms with Crippen LogP contribution >= 0.6 is 0 Å². The highest BCUT2D eigenvalue weighted by molar-refractivity contribution is 6.05. The zero-order chi connectivity index (χ0) is 14.9. The summed E-state index contributed by atoms with van der Waals surface area (Å²) in [5.41, 5.74) is 8.00. The highest BCUT2D eigenvalue weighted by Crippen LogP contribution is 2.24. The molecule has 2 aromatic rings. The molecule has 0 unspecified atom stereocenters. The lowest BCUT2D eigenvalue weighted by molar-refractivity contribution is 0.102. The van der Waals surface area contributed by atoms with Crippen LogP contribution in [0.2, 0.25) is 0 Å². The van der Waals surface area contributed by atoms with Gasteiger partial charge in [-0.05, 0) is 55.3 Å². The van der Waals surface area contributed by atoms with Crippen molar-refractivity contribution in [2.45, 2.75) is 13.8 Å². The number of carbonyl (C=O) groups is 1. The van der Waals surface area contributed by atoms with Gasteiger partial charge in [0, 0.05) is 11.4 Å². The number of carbonyl (C=O) groups excluding carboxylic acids is 1. The Kier molecular flexibility index (Phi) is 3.70. The van der Waals surface area contributed by atoms with Crippen LogP contribution < -0.4 is 11.1 Å². The number of halogens is 2. The van der Waals surface area contributed by atoms with Crippen molar-refractivity contribution < 1.29 is 13.6 Å². The van der Waals surface area contributed by atoms with Gasteiger partial charge in [0.15, 0.2) is 0 Å². The van der Waals surface area contributed by atoms with Crippen molar-refractivity contribution in [3.63, 3.8) is 0 Å². The summed E-state index contributed by atoms with van der Waals surface area (Å²) < 4.78 is 26.6. The number of hydrogen-bond donors (Lipinski definition) is 2. The number of aryl methyl sites for hydroxylation is 2. The van der Waals surface area contributed by atoms with E-state index in [0.29, 0.717) is 11.4 Å².